The lowest BCUT2D eigenvalue weighted by Crippen LogP contribution is -2.30. The summed E-state index contributed by atoms with van der Waals surface area (Å²) in [5.41, 5.74) is 12.2. The van der Waals surface area contributed by atoms with Crippen molar-refractivity contribution in [1.29, 1.82) is 0 Å². The fraction of sp³-hybridized carbons (Fsp3) is 0.500. The van der Waals surface area contributed by atoms with Crippen LogP contribution in [-0.4, -0.2) is 27.5 Å². The summed E-state index contributed by atoms with van der Waals surface area (Å²) in [6, 6.07) is -0.405. The maximum Gasteiger partial charge on any atom is 0.147 e. The van der Waals surface area contributed by atoms with E-state index in [1.807, 2.05) is 0 Å². The van der Waals surface area contributed by atoms with E-state index in [9.17, 15) is 4.79 Å². The summed E-state index contributed by atoms with van der Waals surface area (Å²) in [4.78, 5) is 19.0. The van der Waals surface area contributed by atoms with Crippen LogP contribution in [0.2, 0.25) is 0 Å². The number of aryl methyl sites for hydroxylation is 1. The number of carbonyl (C=O) groups is 1. The molecule has 1 aromatic heterocycles. The van der Waals surface area contributed by atoms with Gasteiger partial charge in [0.25, 0.3) is 0 Å². The van der Waals surface area contributed by atoms with E-state index in [0.29, 0.717) is 23.1 Å². The number of nitrogen functional groups attached to an aromatic ring is 1. The molecule has 0 aliphatic carbocycles. The number of aromatic nitrogens is 2. The molecule has 88 valence electrons. The van der Waals surface area contributed by atoms with Crippen molar-refractivity contribution in [3.8, 4) is 0 Å². The smallest absolute Gasteiger partial charge is 0.147 e. The number of anilines is 1. The van der Waals surface area contributed by atoms with Crippen molar-refractivity contribution in [3.63, 3.8) is 0 Å². The summed E-state index contributed by atoms with van der Waals surface area (Å²) in [5.74, 6) is 2.42. The zero-order valence-corrected chi connectivity index (χ0v) is 10.3. The quantitative estimate of drug-likeness (QED) is 0.779. The third-order valence-corrected chi connectivity index (χ3v) is 3.21. The normalized spacial score (nSPS) is 12.4. The zero-order chi connectivity index (χ0) is 12.1. The van der Waals surface area contributed by atoms with E-state index in [4.69, 9.17) is 11.5 Å². The van der Waals surface area contributed by atoms with Gasteiger partial charge in [-0.2, -0.15) is 11.8 Å². The number of thioether (sulfide) groups is 1. The Kier molecular flexibility index (Phi) is 4.70. The predicted molar refractivity (Wildman–Crippen MR) is 66.0 cm³/mol. The molecule has 1 heterocycles. The molecule has 0 unspecified atom stereocenters. The first kappa shape index (κ1) is 12.9. The van der Waals surface area contributed by atoms with E-state index < -0.39 is 6.04 Å². The first-order valence-electron chi connectivity index (χ1n) is 4.92. The lowest BCUT2D eigenvalue weighted by Gasteiger charge is -2.08. The number of hydrogen-bond donors (Lipinski definition) is 2. The predicted octanol–water partition coefficient (Wildman–Crippen LogP) is 0.517. The number of ketones is 1. The van der Waals surface area contributed by atoms with Crippen LogP contribution in [0.3, 0.4) is 0 Å². The van der Waals surface area contributed by atoms with Crippen LogP contribution in [0.5, 0.6) is 0 Å². The molecule has 0 radical (unpaired) electrons. The third-order valence-electron chi connectivity index (χ3n) is 2.10. The lowest BCUT2D eigenvalue weighted by atomic mass is 10.3. The summed E-state index contributed by atoms with van der Waals surface area (Å²) in [6.07, 6.45) is 1.71. The van der Waals surface area contributed by atoms with Gasteiger partial charge in [-0.05, 0) is 13.8 Å². The van der Waals surface area contributed by atoms with Gasteiger partial charge in [-0.15, -0.1) is 0 Å². The number of rotatable bonds is 5. The summed E-state index contributed by atoms with van der Waals surface area (Å²) in [5, 5.41) is 0. The minimum atomic E-state index is -0.405. The Morgan fingerprint density at radius 3 is 2.88 bits per heavy atom. The summed E-state index contributed by atoms with van der Waals surface area (Å²) < 4.78 is 0. The maximum atomic E-state index is 10.9. The van der Waals surface area contributed by atoms with E-state index in [-0.39, 0.29) is 5.78 Å². The van der Waals surface area contributed by atoms with Crippen molar-refractivity contribution in [1.82, 2.24) is 9.97 Å². The van der Waals surface area contributed by atoms with E-state index in [0.717, 1.165) is 5.56 Å². The van der Waals surface area contributed by atoms with Crippen LogP contribution in [0, 0.1) is 6.92 Å². The minimum Gasteiger partial charge on any atom is -0.383 e. The number of carbonyl (C=O) groups excluding carboxylic acids is 1. The highest BCUT2D eigenvalue weighted by atomic mass is 32.2. The van der Waals surface area contributed by atoms with Gasteiger partial charge in [0.15, 0.2) is 0 Å². The number of nitrogens with zero attached hydrogens (tertiary/aromatic N) is 2. The molecule has 0 aliphatic heterocycles. The molecule has 0 fully saturated rings. The third kappa shape index (κ3) is 3.79. The van der Waals surface area contributed by atoms with Gasteiger partial charge >= 0.3 is 0 Å². The zero-order valence-electron chi connectivity index (χ0n) is 9.43. The first-order valence-corrected chi connectivity index (χ1v) is 6.08. The number of Topliss-reactive ketones (excluding diaryl/α,β-unsaturated/α-hetero) is 1. The summed E-state index contributed by atoms with van der Waals surface area (Å²) in [7, 11) is 0. The minimum absolute atomic E-state index is 0.000582. The second kappa shape index (κ2) is 5.81. The van der Waals surface area contributed by atoms with Crippen LogP contribution in [0.1, 0.15) is 18.3 Å². The van der Waals surface area contributed by atoms with Crippen LogP contribution < -0.4 is 11.5 Å². The second-order valence-electron chi connectivity index (χ2n) is 3.56. The molecular weight excluding hydrogens is 224 g/mol. The van der Waals surface area contributed by atoms with Crippen LogP contribution in [0.25, 0.3) is 0 Å². The SMILES string of the molecule is CC(=O)[C@@H](N)CSCc1cnc(C)nc1N. The largest absolute Gasteiger partial charge is 0.383 e. The Morgan fingerprint density at radius 2 is 2.31 bits per heavy atom. The lowest BCUT2D eigenvalue weighted by molar-refractivity contribution is -0.117. The van der Waals surface area contributed by atoms with E-state index in [2.05, 4.69) is 9.97 Å². The molecule has 5 nitrogen and oxygen atoms in total. The monoisotopic (exact) mass is 240 g/mol. The maximum absolute atomic E-state index is 10.9. The molecule has 1 rings (SSSR count). The molecule has 1 atom stereocenters. The topological polar surface area (TPSA) is 94.9 Å². The molecule has 16 heavy (non-hydrogen) atoms. The molecule has 0 bridgehead atoms. The Hall–Kier alpha value is -1.14. The van der Waals surface area contributed by atoms with Gasteiger partial charge in [0.1, 0.15) is 17.4 Å². The van der Waals surface area contributed by atoms with Crippen LogP contribution >= 0.6 is 11.8 Å². The van der Waals surface area contributed by atoms with Crippen molar-refractivity contribution < 1.29 is 4.79 Å². The van der Waals surface area contributed by atoms with E-state index in [1.165, 1.54) is 6.92 Å². The van der Waals surface area contributed by atoms with Gasteiger partial charge in [-0.3, -0.25) is 4.79 Å². The van der Waals surface area contributed by atoms with Gasteiger partial charge in [-0.1, -0.05) is 0 Å². The second-order valence-corrected chi connectivity index (χ2v) is 4.59. The van der Waals surface area contributed by atoms with Crippen LogP contribution in [-0.2, 0) is 10.5 Å². The van der Waals surface area contributed by atoms with Crippen molar-refractivity contribution in [2.75, 3.05) is 11.5 Å². The van der Waals surface area contributed by atoms with Gasteiger partial charge in [0.05, 0.1) is 6.04 Å². The molecule has 6 heteroatoms. The Labute approximate surface area is 99.0 Å². The molecule has 4 N–H and O–H groups in total. The molecule has 0 aliphatic rings. The fourth-order valence-corrected chi connectivity index (χ4v) is 2.09. The van der Waals surface area contributed by atoms with E-state index >= 15 is 0 Å². The molecule has 0 spiro atoms. The van der Waals surface area contributed by atoms with Gasteiger partial charge in [0, 0.05) is 23.3 Å². The first-order chi connectivity index (χ1) is 7.50. The summed E-state index contributed by atoms with van der Waals surface area (Å²) >= 11 is 1.56. The van der Waals surface area contributed by atoms with E-state index in [1.54, 1.807) is 24.9 Å². The average molecular weight is 240 g/mol. The molecular formula is C10H16N4OS. The van der Waals surface area contributed by atoms with Crippen molar-refractivity contribution in [3.05, 3.63) is 17.6 Å². The highest BCUT2D eigenvalue weighted by Gasteiger charge is 2.09. The fourth-order valence-electron chi connectivity index (χ4n) is 1.04. The average Bonchev–Trinajstić information content (AvgIpc) is 2.20. The van der Waals surface area contributed by atoms with Crippen molar-refractivity contribution in [2.24, 2.45) is 5.73 Å². The summed E-state index contributed by atoms with van der Waals surface area (Å²) in [6.45, 7) is 3.29. The number of nitrogens with two attached hydrogens (primary N) is 2. The molecule has 0 aromatic carbocycles. The Bertz CT molecular complexity index is 383. The Balaban J connectivity index is 2.46. The molecule has 0 amide bonds. The molecule has 0 saturated carbocycles. The molecule has 0 saturated heterocycles. The van der Waals surface area contributed by atoms with Gasteiger partial charge in [-0.25, -0.2) is 9.97 Å². The van der Waals surface area contributed by atoms with Crippen molar-refractivity contribution in [2.45, 2.75) is 25.6 Å². The van der Waals surface area contributed by atoms with Gasteiger partial charge < -0.3 is 11.5 Å². The van der Waals surface area contributed by atoms with Crippen molar-refractivity contribution >= 4 is 23.4 Å². The molecule has 1 aromatic rings. The van der Waals surface area contributed by atoms with Crippen LogP contribution in [0.15, 0.2) is 6.20 Å². The Morgan fingerprint density at radius 1 is 1.62 bits per heavy atom. The number of hydrogen-bond acceptors (Lipinski definition) is 6. The standard InChI is InChI=1S/C10H16N4OS/c1-6(15)9(11)5-16-4-8-3-13-7(2)14-10(8)12/h3,9H,4-5,11H2,1-2H3,(H2,12,13,14)/t9-/m0/s1. The highest BCUT2D eigenvalue weighted by molar-refractivity contribution is 7.98. The van der Waals surface area contributed by atoms with Gasteiger partial charge in [0.2, 0.25) is 0 Å². The highest BCUT2D eigenvalue weighted by Crippen LogP contribution is 2.16. The van der Waals surface area contributed by atoms with Crippen LogP contribution in [0.4, 0.5) is 5.82 Å².